The summed E-state index contributed by atoms with van der Waals surface area (Å²) in [6, 6.07) is 99.8. The van der Waals surface area contributed by atoms with Gasteiger partial charge in [-0.3, -0.25) is 0 Å². The molecule has 0 bridgehead atoms. The third-order valence-corrected chi connectivity index (χ3v) is 13.1. The molecule has 12 rings (SSSR count). The van der Waals surface area contributed by atoms with Crippen LogP contribution in [0.15, 0.2) is 283 Å². The molecule has 0 aliphatic heterocycles. The molecule has 12 aromatic rings. The SMILES string of the molecule is c1ccc(-c2ccc(N(c3ccc(-c4ccccc4)cc3)c3cccc(-c4ccccc4N(c4ccc(-c5ccccc5)cc4)c4ccc(-c5cccc6oc7ccccc7c56)cc4)c3)cc2)cc1. The topological polar surface area (TPSA) is 19.6 Å². The van der Waals surface area contributed by atoms with Crippen molar-refractivity contribution in [3.63, 3.8) is 0 Å². The van der Waals surface area contributed by atoms with Crippen molar-refractivity contribution in [1.29, 1.82) is 0 Å². The van der Waals surface area contributed by atoms with Crippen molar-refractivity contribution in [2.45, 2.75) is 0 Å². The van der Waals surface area contributed by atoms with Crippen LogP contribution in [0, 0.1) is 0 Å². The molecule has 0 radical (unpaired) electrons. The Balaban J connectivity index is 0.966. The molecule has 0 spiro atoms. The van der Waals surface area contributed by atoms with Crippen molar-refractivity contribution < 1.29 is 4.42 Å². The maximum atomic E-state index is 6.29. The van der Waals surface area contributed by atoms with E-state index >= 15 is 0 Å². The first-order chi connectivity index (χ1) is 34.2. The second-order valence-corrected chi connectivity index (χ2v) is 17.3. The van der Waals surface area contributed by atoms with E-state index in [1.54, 1.807) is 0 Å². The molecule has 0 atom stereocenters. The molecule has 0 unspecified atom stereocenters. The minimum Gasteiger partial charge on any atom is -0.456 e. The Morgan fingerprint density at radius 3 is 1.17 bits per heavy atom. The molecule has 3 nitrogen and oxygen atoms in total. The van der Waals surface area contributed by atoms with E-state index in [1.807, 2.05) is 12.1 Å². The minimum absolute atomic E-state index is 0.890. The van der Waals surface area contributed by atoms with Gasteiger partial charge in [-0.1, -0.05) is 200 Å². The van der Waals surface area contributed by atoms with Crippen LogP contribution in [0.3, 0.4) is 0 Å². The van der Waals surface area contributed by atoms with Crippen LogP contribution in [-0.4, -0.2) is 0 Å². The summed E-state index contributed by atoms with van der Waals surface area (Å²) in [5.41, 5.74) is 19.8. The molecule has 0 saturated carbocycles. The van der Waals surface area contributed by atoms with Gasteiger partial charge in [0.15, 0.2) is 0 Å². The van der Waals surface area contributed by atoms with Gasteiger partial charge in [-0.25, -0.2) is 0 Å². The highest BCUT2D eigenvalue weighted by molar-refractivity contribution is 6.12. The van der Waals surface area contributed by atoms with E-state index < -0.39 is 0 Å². The largest absolute Gasteiger partial charge is 0.456 e. The van der Waals surface area contributed by atoms with Gasteiger partial charge in [-0.15, -0.1) is 0 Å². The van der Waals surface area contributed by atoms with Crippen molar-refractivity contribution in [1.82, 2.24) is 0 Å². The normalized spacial score (nSPS) is 11.2. The highest BCUT2D eigenvalue weighted by Crippen LogP contribution is 2.45. The second-order valence-electron chi connectivity index (χ2n) is 17.3. The Bertz CT molecular complexity index is 3590. The van der Waals surface area contributed by atoms with Crippen molar-refractivity contribution in [3.8, 4) is 55.6 Å². The number of fused-ring (bicyclic) bond motifs is 3. The van der Waals surface area contributed by atoms with E-state index in [4.69, 9.17) is 4.42 Å². The standard InChI is InChI=1S/C66H46N2O/c1-4-16-47(17-5-1)50-30-38-55(39-31-50)67(56-40-32-51(33-41-56)48-18-6-2-7-19-48)59-23-14-22-54(46-59)60-24-10-12-27-63(60)68(57-42-34-52(35-43-57)49-20-8-3-9-21-49)58-44-36-53(37-45-58)61-26-15-29-65-66(61)62-25-11-13-28-64(62)69-65/h1-46H. The minimum atomic E-state index is 0.890. The van der Waals surface area contributed by atoms with Gasteiger partial charge in [0.05, 0.1) is 5.69 Å². The Hall–Kier alpha value is -9.18. The van der Waals surface area contributed by atoms with Gasteiger partial charge in [0, 0.05) is 44.8 Å². The smallest absolute Gasteiger partial charge is 0.136 e. The van der Waals surface area contributed by atoms with Gasteiger partial charge < -0.3 is 14.2 Å². The van der Waals surface area contributed by atoms with Crippen LogP contribution in [0.1, 0.15) is 0 Å². The quantitative estimate of drug-likeness (QED) is 0.129. The van der Waals surface area contributed by atoms with Crippen LogP contribution >= 0.6 is 0 Å². The van der Waals surface area contributed by atoms with Crippen LogP contribution in [0.4, 0.5) is 34.1 Å². The Labute approximate surface area is 403 Å². The summed E-state index contributed by atoms with van der Waals surface area (Å²) >= 11 is 0. The lowest BCUT2D eigenvalue weighted by Crippen LogP contribution is -2.12. The summed E-state index contributed by atoms with van der Waals surface area (Å²) < 4.78 is 6.29. The number of nitrogens with zero attached hydrogens (tertiary/aromatic N) is 2. The van der Waals surface area contributed by atoms with E-state index in [0.29, 0.717) is 0 Å². The molecule has 1 aromatic heterocycles. The maximum absolute atomic E-state index is 6.29. The van der Waals surface area contributed by atoms with Crippen molar-refractivity contribution in [2.24, 2.45) is 0 Å². The number of furan rings is 1. The summed E-state index contributed by atoms with van der Waals surface area (Å²) in [7, 11) is 0. The Kier molecular flexibility index (Phi) is 10.9. The first-order valence-corrected chi connectivity index (χ1v) is 23.5. The number of rotatable bonds is 11. The molecule has 0 N–H and O–H groups in total. The van der Waals surface area contributed by atoms with Gasteiger partial charge in [0.1, 0.15) is 11.2 Å². The molecule has 0 fully saturated rings. The number of para-hydroxylation sites is 2. The number of benzene rings is 11. The second kappa shape index (κ2) is 18.2. The van der Waals surface area contributed by atoms with E-state index in [1.165, 1.54) is 33.4 Å². The molecule has 326 valence electrons. The predicted molar refractivity (Wildman–Crippen MR) is 290 cm³/mol. The summed E-state index contributed by atoms with van der Waals surface area (Å²) in [5.74, 6) is 0. The lowest BCUT2D eigenvalue weighted by atomic mass is 9.98. The molecule has 3 heteroatoms. The Morgan fingerprint density at radius 2 is 0.623 bits per heavy atom. The molecule has 0 amide bonds. The molecule has 69 heavy (non-hydrogen) atoms. The van der Waals surface area contributed by atoms with Gasteiger partial charge in [0.2, 0.25) is 0 Å². The number of anilines is 6. The van der Waals surface area contributed by atoms with Crippen molar-refractivity contribution in [3.05, 3.63) is 279 Å². The first kappa shape index (κ1) is 41.3. The summed E-state index contributed by atoms with van der Waals surface area (Å²) in [4.78, 5) is 4.75. The van der Waals surface area contributed by atoms with E-state index in [-0.39, 0.29) is 0 Å². The van der Waals surface area contributed by atoms with Crippen LogP contribution in [0.5, 0.6) is 0 Å². The third-order valence-electron chi connectivity index (χ3n) is 13.1. The van der Waals surface area contributed by atoms with Crippen LogP contribution in [0.2, 0.25) is 0 Å². The van der Waals surface area contributed by atoms with Gasteiger partial charge in [0.25, 0.3) is 0 Å². The zero-order valence-electron chi connectivity index (χ0n) is 37.9. The molecular formula is C66H46N2O. The Morgan fingerprint density at radius 1 is 0.232 bits per heavy atom. The molecule has 0 aliphatic carbocycles. The first-order valence-electron chi connectivity index (χ1n) is 23.5. The van der Waals surface area contributed by atoms with Gasteiger partial charge in [-0.05, 0) is 129 Å². The van der Waals surface area contributed by atoms with Crippen LogP contribution in [0.25, 0.3) is 77.6 Å². The maximum Gasteiger partial charge on any atom is 0.136 e. The van der Waals surface area contributed by atoms with E-state index in [9.17, 15) is 0 Å². The average Bonchev–Trinajstić information content (AvgIpc) is 3.82. The molecule has 0 aliphatic rings. The highest BCUT2D eigenvalue weighted by atomic mass is 16.3. The third kappa shape index (κ3) is 8.13. The zero-order chi connectivity index (χ0) is 45.9. The fourth-order valence-corrected chi connectivity index (χ4v) is 9.71. The van der Waals surface area contributed by atoms with Gasteiger partial charge in [-0.2, -0.15) is 0 Å². The summed E-state index contributed by atoms with van der Waals surface area (Å²) in [5, 5.41) is 2.25. The van der Waals surface area contributed by atoms with E-state index in [0.717, 1.165) is 78.3 Å². The molecule has 1 heterocycles. The van der Waals surface area contributed by atoms with Crippen LogP contribution in [-0.2, 0) is 0 Å². The molecule has 11 aromatic carbocycles. The van der Waals surface area contributed by atoms with Crippen molar-refractivity contribution in [2.75, 3.05) is 9.80 Å². The highest BCUT2D eigenvalue weighted by Gasteiger charge is 2.21. The zero-order valence-corrected chi connectivity index (χ0v) is 37.9. The lowest BCUT2D eigenvalue weighted by molar-refractivity contribution is 0.669. The lowest BCUT2D eigenvalue weighted by Gasteiger charge is -2.29. The fraction of sp³-hybridized carbons (Fsp3) is 0. The van der Waals surface area contributed by atoms with Crippen molar-refractivity contribution >= 4 is 56.1 Å². The number of hydrogen-bond donors (Lipinski definition) is 0. The van der Waals surface area contributed by atoms with Crippen LogP contribution < -0.4 is 9.80 Å². The summed E-state index contributed by atoms with van der Waals surface area (Å²) in [6.07, 6.45) is 0. The fourth-order valence-electron chi connectivity index (χ4n) is 9.71. The summed E-state index contributed by atoms with van der Waals surface area (Å²) in [6.45, 7) is 0. The molecular weight excluding hydrogens is 837 g/mol. The van der Waals surface area contributed by atoms with Gasteiger partial charge >= 0.3 is 0 Å². The van der Waals surface area contributed by atoms with E-state index in [2.05, 4.69) is 277 Å². The predicted octanol–water partition coefficient (Wildman–Crippen LogP) is 18.9. The molecule has 0 saturated heterocycles. The monoisotopic (exact) mass is 882 g/mol. The average molecular weight is 883 g/mol. The number of hydrogen-bond acceptors (Lipinski definition) is 3.